The largest absolute Gasteiger partial charge is 0.370 e. The van der Waals surface area contributed by atoms with E-state index in [1.807, 2.05) is 0 Å². The summed E-state index contributed by atoms with van der Waals surface area (Å²) < 4.78 is 0. The number of nitrogens with zero attached hydrogens (tertiary/aromatic N) is 2. The average Bonchev–Trinajstić information content (AvgIpc) is 3.18. The Kier molecular flexibility index (Phi) is 5.11. The molecule has 1 saturated heterocycles. The molecule has 0 spiro atoms. The maximum atomic E-state index is 4.70. The van der Waals surface area contributed by atoms with Crippen molar-refractivity contribution in [1.82, 2.24) is 10.3 Å². The normalized spacial score (nSPS) is 18.3. The maximum absolute atomic E-state index is 4.70. The molecule has 0 radical (unpaired) electrons. The molecule has 0 aliphatic carbocycles. The number of hydrogen-bond donors (Lipinski definition) is 1. The van der Waals surface area contributed by atoms with Gasteiger partial charge >= 0.3 is 0 Å². The Balaban J connectivity index is 1.43. The zero-order chi connectivity index (χ0) is 15.4. The van der Waals surface area contributed by atoms with Gasteiger partial charge in [0.15, 0.2) is 0 Å². The summed E-state index contributed by atoms with van der Waals surface area (Å²) in [4.78, 5) is 7.17. The quantitative estimate of drug-likeness (QED) is 0.881. The number of para-hydroxylation sites is 1. The van der Waals surface area contributed by atoms with Crippen LogP contribution in [-0.4, -0.2) is 30.7 Å². The molecule has 118 valence electrons. The number of benzene rings is 1. The van der Waals surface area contributed by atoms with Gasteiger partial charge in [0.2, 0.25) is 0 Å². The lowest BCUT2D eigenvalue weighted by molar-refractivity contribution is 0.552. The predicted molar refractivity (Wildman–Crippen MR) is 95.0 cm³/mol. The first-order chi connectivity index (χ1) is 10.7. The zero-order valence-electron chi connectivity index (χ0n) is 13.5. The number of rotatable bonds is 6. The summed E-state index contributed by atoms with van der Waals surface area (Å²) in [6.45, 7) is 7.69. The summed E-state index contributed by atoms with van der Waals surface area (Å²) in [7, 11) is 0. The van der Waals surface area contributed by atoms with Gasteiger partial charge < -0.3 is 10.2 Å². The monoisotopic (exact) mass is 315 g/mol. The molecule has 1 aliphatic rings. The van der Waals surface area contributed by atoms with Gasteiger partial charge in [-0.15, -0.1) is 11.3 Å². The standard InChI is InChI=1S/C18H25N3S/c1-14(2)18-20-16(13-22-18)8-10-19-15-9-11-21(12-15)17-6-4-3-5-7-17/h3-7,13-15,19H,8-12H2,1-2H3. The molecule has 1 aliphatic heterocycles. The molecule has 1 aromatic heterocycles. The van der Waals surface area contributed by atoms with E-state index in [0.717, 1.165) is 26.1 Å². The Labute approximate surface area is 137 Å². The number of anilines is 1. The van der Waals surface area contributed by atoms with Crippen LogP contribution in [-0.2, 0) is 6.42 Å². The summed E-state index contributed by atoms with van der Waals surface area (Å²) in [6.07, 6.45) is 2.26. The van der Waals surface area contributed by atoms with Crippen molar-refractivity contribution in [1.29, 1.82) is 0 Å². The van der Waals surface area contributed by atoms with Crippen molar-refractivity contribution in [3.8, 4) is 0 Å². The molecule has 1 N–H and O–H groups in total. The van der Waals surface area contributed by atoms with Crippen LogP contribution in [0.5, 0.6) is 0 Å². The Morgan fingerprint density at radius 3 is 2.86 bits per heavy atom. The summed E-state index contributed by atoms with van der Waals surface area (Å²) in [5.74, 6) is 0.543. The second kappa shape index (κ2) is 7.25. The Bertz CT molecular complexity index is 579. The number of nitrogens with one attached hydrogen (secondary N) is 1. The molecule has 2 aromatic rings. The van der Waals surface area contributed by atoms with Gasteiger partial charge in [-0.1, -0.05) is 32.0 Å². The van der Waals surface area contributed by atoms with Gasteiger partial charge in [0.1, 0.15) is 0 Å². The highest BCUT2D eigenvalue weighted by molar-refractivity contribution is 7.09. The summed E-state index contributed by atoms with van der Waals surface area (Å²) in [6, 6.07) is 11.3. The van der Waals surface area contributed by atoms with Gasteiger partial charge in [0.05, 0.1) is 10.7 Å². The lowest BCUT2D eigenvalue weighted by Crippen LogP contribution is -2.33. The highest BCUT2D eigenvalue weighted by Gasteiger charge is 2.21. The van der Waals surface area contributed by atoms with Crippen molar-refractivity contribution < 1.29 is 0 Å². The minimum absolute atomic E-state index is 0.543. The SMILES string of the molecule is CC(C)c1nc(CCNC2CCN(c3ccccc3)C2)cs1. The van der Waals surface area contributed by atoms with Gasteiger partial charge in [-0.25, -0.2) is 4.98 Å². The fourth-order valence-corrected chi connectivity index (χ4v) is 3.78. The van der Waals surface area contributed by atoms with E-state index < -0.39 is 0 Å². The van der Waals surface area contributed by atoms with E-state index >= 15 is 0 Å². The second-order valence-corrected chi connectivity index (χ2v) is 7.19. The van der Waals surface area contributed by atoms with Crippen molar-refractivity contribution in [2.75, 3.05) is 24.5 Å². The summed E-state index contributed by atoms with van der Waals surface area (Å²) in [5, 5.41) is 7.16. The third-order valence-corrected chi connectivity index (χ3v) is 5.38. The molecular weight excluding hydrogens is 290 g/mol. The average molecular weight is 315 g/mol. The topological polar surface area (TPSA) is 28.2 Å². The van der Waals surface area contributed by atoms with E-state index in [1.165, 1.54) is 22.8 Å². The van der Waals surface area contributed by atoms with Crippen molar-refractivity contribution in [3.05, 3.63) is 46.4 Å². The Hall–Kier alpha value is -1.39. The Morgan fingerprint density at radius 1 is 1.32 bits per heavy atom. The molecule has 2 heterocycles. The predicted octanol–water partition coefficient (Wildman–Crippen LogP) is 3.68. The van der Waals surface area contributed by atoms with Crippen LogP contribution in [0.3, 0.4) is 0 Å². The van der Waals surface area contributed by atoms with Crippen LogP contribution in [0.25, 0.3) is 0 Å². The first-order valence-electron chi connectivity index (χ1n) is 8.20. The van der Waals surface area contributed by atoms with Crippen LogP contribution in [0.4, 0.5) is 5.69 Å². The zero-order valence-corrected chi connectivity index (χ0v) is 14.3. The molecule has 1 atom stereocenters. The number of hydrogen-bond acceptors (Lipinski definition) is 4. The summed E-state index contributed by atoms with van der Waals surface area (Å²) >= 11 is 1.79. The van der Waals surface area contributed by atoms with Crippen LogP contribution in [0.1, 0.15) is 36.9 Å². The highest BCUT2D eigenvalue weighted by Crippen LogP contribution is 2.21. The minimum Gasteiger partial charge on any atom is -0.370 e. The van der Waals surface area contributed by atoms with Gasteiger partial charge in [-0.2, -0.15) is 0 Å². The molecular formula is C18H25N3S. The van der Waals surface area contributed by atoms with Crippen LogP contribution in [0, 0.1) is 0 Å². The van der Waals surface area contributed by atoms with Crippen molar-refractivity contribution in [2.24, 2.45) is 0 Å². The molecule has 1 aromatic carbocycles. The highest BCUT2D eigenvalue weighted by atomic mass is 32.1. The molecule has 0 bridgehead atoms. The van der Waals surface area contributed by atoms with E-state index in [4.69, 9.17) is 4.98 Å². The van der Waals surface area contributed by atoms with Crippen molar-refractivity contribution >= 4 is 17.0 Å². The molecule has 22 heavy (non-hydrogen) atoms. The van der Waals surface area contributed by atoms with Gasteiger partial charge in [0, 0.05) is 49.1 Å². The molecule has 1 unspecified atom stereocenters. The smallest absolute Gasteiger partial charge is 0.0953 e. The molecule has 0 saturated carbocycles. The lowest BCUT2D eigenvalue weighted by atomic mass is 10.2. The Morgan fingerprint density at radius 2 is 2.14 bits per heavy atom. The first-order valence-corrected chi connectivity index (χ1v) is 9.08. The fraction of sp³-hybridized carbons (Fsp3) is 0.500. The van der Waals surface area contributed by atoms with Crippen LogP contribution >= 0.6 is 11.3 Å². The van der Waals surface area contributed by atoms with Gasteiger partial charge in [-0.3, -0.25) is 0 Å². The maximum Gasteiger partial charge on any atom is 0.0953 e. The third-order valence-electron chi connectivity index (χ3n) is 4.19. The van der Waals surface area contributed by atoms with E-state index in [-0.39, 0.29) is 0 Å². The third kappa shape index (κ3) is 3.87. The van der Waals surface area contributed by atoms with Crippen molar-refractivity contribution in [2.45, 2.75) is 38.6 Å². The van der Waals surface area contributed by atoms with Crippen LogP contribution in [0.2, 0.25) is 0 Å². The minimum atomic E-state index is 0.543. The van der Waals surface area contributed by atoms with E-state index in [2.05, 4.69) is 59.8 Å². The molecule has 3 nitrogen and oxygen atoms in total. The van der Waals surface area contributed by atoms with Gasteiger partial charge in [-0.05, 0) is 18.6 Å². The first kappa shape index (κ1) is 15.5. The van der Waals surface area contributed by atoms with E-state index in [9.17, 15) is 0 Å². The fourth-order valence-electron chi connectivity index (χ4n) is 2.91. The van der Waals surface area contributed by atoms with Crippen LogP contribution < -0.4 is 10.2 Å². The van der Waals surface area contributed by atoms with Gasteiger partial charge in [0.25, 0.3) is 0 Å². The molecule has 1 fully saturated rings. The van der Waals surface area contributed by atoms with Crippen LogP contribution in [0.15, 0.2) is 35.7 Å². The molecule has 0 amide bonds. The second-order valence-electron chi connectivity index (χ2n) is 6.30. The van der Waals surface area contributed by atoms with E-state index in [0.29, 0.717) is 12.0 Å². The molecule has 3 rings (SSSR count). The lowest BCUT2D eigenvalue weighted by Gasteiger charge is -2.18. The summed E-state index contributed by atoms with van der Waals surface area (Å²) in [5.41, 5.74) is 2.58. The number of thiazole rings is 1. The number of aromatic nitrogens is 1. The van der Waals surface area contributed by atoms with Crippen molar-refractivity contribution in [3.63, 3.8) is 0 Å². The molecule has 4 heteroatoms. The van der Waals surface area contributed by atoms with E-state index in [1.54, 1.807) is 11.3 Å².